The maximum absolute atomic E-state index is 4.89. The molecule has 3 aromatic carbocycles. The van der Waals surface area contributed by atoms with Crippen molar-refractivity contribution in [3.05, 3.63) is 96.1 Å². The van der Waals surface area contributed by atoms with E-state index in [0.29, 0.717) is 5.92 Å². The van der Waals surface area contributed by atoms with E-state index >= 15 is 0 Å². The van der Waals surface area contributed by atoms with Gasteiger partial charge in [-0.25, -0.2) is 4.98 Å². The second-order valence-corrected chi connectivity index (χ2v) is 9.41. The van der Waals surface area contributed by atoms with Crippen molar-refractivity contribution in [3.63, 3.8) is 0 Å². The average molecular weight is 434 g/mol. The van der Waals surface area contributed by atoms with Crippen molar-refractivity contribution in [3.8, 4) is 11.1 Å². The molecule has 4 aromatic rings. The van der Waals surface area contributed by atoms with Crippen LogP contribution >= 0.6 is 0 Å². The quantitative estimate of drug-likeness (QED) is 0.331. The van der Waals surface area contributed by atoms with Crippen molar-refractivity contribution < 1.29 is 0 Å². The van der Waals surface area contributed by atoms with Gasteiger partial charge in [0.25, 0.3) is 0 Å². The molecule has 0 N–H and O–H groups in total. The molecule has 1 saturated heterocycles. The Bertz CT molecular complexity index is 1210. The molecule has 2 heterocycles. The van der Waals surface area contributed by atoms with Crippen molar-refractivity contribution in [2.45, 2.75) is 25.2 Å². The van der Waals surface area contributed by atoms with E-state index in [1.54, 1.807) is 0 Å². The number of hydrogen-bond donors (Lipinski definition) is 0. The molecule has 6 rings (SSSR count). The van der Waals surface area contributed by atoms with Crippen LogP contribution in [0.1, 0.15) is 36.3 Å². The molecular weight excluding hydrogens is 402 g/mol. The monoisotopic (exact) mass is 433 g/mol. The highest BCUT2D eigenvalue weighted by molar-refractivity contribution is 5.80. The molecule has 3 nitrogen and oxygen atoms in total. The van der Waals surface area contributed by atoms with Gasteiger partial charge in [0.1, 0.15) is 5.82 Å². The van der Waals surface area contributed by atoms with Crippen LogP contribution < -0.4 is 4.90 Å². The predicted octanol–water partition coefficient (Wildman–Crippen LogP) is 6.34. The first kappa shape index (κ1) is 20.4. The van der Waals surface area contributed by atoms with Gasteiger partial charge in [-0.05, 0) is 59.8 Å². The van der Waals surface area contributed by atoms with Gasteiger partial charge in [0.15, 0.2) is 0 Å². The molecule has 0 radical (unpaired) electrons. The summed E-state index contributed by atoms with van der Waals surface area (Å²) >= 11 is 0. The van der Waals surface area contributed by atoms with Crippen LogP contribution in [-0.4, -0.2) is 42.6 Å². The fourth-order valence-corrected chi connectivity index (χ4v) is 5.69. The Hall–Kier alpha value is -3.17. The maximum Gasteiger partial charge on any atom is 0.129 e. The summed E-state index contributed by atoms with van der Waals surface area (Å²) in [5.74, 6) is 1.68. The van der Waals surface area contributed by atoms with Crippen molar-refractivity contribution in [2.75, 3.05) is 37.6 Å². The van der Waals surface area contributed by atoms with E-state index in [9.17, 15) is 0 Å². The summed E-state index contributed by atoms with van der Waals surface area (Å²) in [6.07, 6.45) is 3.80. The zero-order valence-corrected chi connectivity index (χ0v) is 19.2. The normalized spacial score (nSPS) is 16.2. The van der Waals surface area contributed by atoms with E-state index in [0.717, 1.165) is 37.5 Å². The Labute approximate surface area is 196 Å². The number of rotatable bonds is 6. The molecule has 1 aliphatic heterocycles. The highest BCUT2D eigenvalue weighted by Gasteiger charge is 2.27. The Morgan fingerprint density at radius 3 is 2.09 bits per heavy atom. The van der Waals surface area contributed by atoms with Crippen molar-refractivity contribution in [1.29, 1.82) is 0 Å². The number of benzene rings is 3. The molecule has 2 aliphatic rings. The Balaban J connectivity index is 1.01. The van der Waals surface area contributed by atoms with Crippen molar-refractivity contribution >= 4 is 16.7 Å². The van der Waals surface area contributed by atoms with Crippen LogP contribution in [-0.2, 0) is 0 Å². The summed E-state index contributed by atoms with van der Waals surface area (Å²) in [4.78, 5) is 9.96. The molecule has 0 bridgehead atoms. The first-order valence-corrected chi connectivity index (χ1v) is 12.4. The fourth-order valence-electron chi connectivity index (χ4n) is 5.69. The first-order chi connectivity index (χ1) is 16.4. The molecule has 0 unspecified atom stereocenters. The van der Waals surface area contributed by atoms with Gasteiger partial charge < -0.3 is 4.90 Å². The van der Waals surface area contributed by atoms with Gasteiger partial charge in [-0.15, -0.1) is 0 Å². The van der Waals surface area contributed by atoms with E-state index < -0.39 is 0 Å². The van der Waals surface area contributed by atoms with Gasteiger partial charge in [0, 0.05) is 37.5 Å². The minimum atomic E-state index is 0.563. The number of hydrogen-bond acceptors (Lipinski definition) is 3. The minimum absolute atomic E-state index is 0.563. The van der Waals surface area contributed by atoms with Crippen molar-refractivity contribution in [1.82, 2.24) is 9.88 Å². The van der Waals surface area contributed by atoms with Crippen LogP contribution in [0.4, 0.5) is 5.82 Å². The summed E-state index contributed by atoms with van der Waals surface area (Å²) in [6, 6.07) is 30.7. The maximum atomic E-state index is 4.89. The lowest BCUT2D eigenvalue weighted by Crippen LogP contribution is -2.46. The predicted molar refractivity (Wildman–Crippen MR) is 138 cm³/mol. The van der Waals surface area contributed by atoms with Crippen LogP contribution in [0.15, 0.2) is 84.9 Å². The number of aromatic nitrogens is 1. The summed E-state index contributed by atoms with van der Waals surface area (Å²) in [5, 5.41) is 1.22. The van der Waals surface area contributed by atoms with Gasteiger partial charge in [-0.3, -0.25) is 4.90 Å². The van der Waals surface area contributed by atoms with E-state index in [-0.39, 0.29) is 0 Å². The highest BCUT2D eigenvalue weighted by Crippen LogP contribution is 2.46. The number of para-hydroxylation sites is 1. The SMILES string of the molecule is c1ccc2c(c1)-c1ccccc1C2CCCCN1CCN(c2ccc3ccccc3n2)CC1. The molecule has 1 fully saturated rings. The molecule has 3 heteroatoms. The van der Waals surface area contributed by atoms with Gasteiger partial charge in [-0.2, -0.15) is 0 Å². The van der Waals surface area contributed by atoms with E-state index in [1.807, 2.05) is 0 Å². The zero-order chi connectivity index (χ0) is 22.0. The number of anilines is 1. The summed E-state index contributed by atoms with van der Waals surface area (Å²) in [5.41, 5.74) is 7.02. The zero-order valence-electron chi connectivity index (χ0n) is 19.2. The Morgan fingerprint density at radius 1 is 0.667 bits per heavy atom. The Morgan fingerprint density at radius 2 is 1.33 bits per heavy atom. The number of unbranched alkanes of at least 4 members (excludes halogenated alkanes) is 1. The van der Waals surface area contributed by atoms with Gasteiger partial charge in [-0.1, -0.05) is 73.2 Å². The molecule has 33 heavy (non-hydrogen) atoms. The summed E-state index contributed by atoms with van der Waals surface area (Å²) < 4.78 is 0. The smallest absolute Gasteiger partial charge is 0.129 e. The lowest BCUT2D eigenvalue weighted by atomic mass is 9.91. The average Bonchev–Trinajstić information content (AvgIpc) is 3.20. The third-order valence-corrected chi connectivity index (χ3v) is 7.46. The van der Waals surface area contributed by atoms with Gasteiger partial charge in [0.2, 0.25) is 0 Å². The standard InChI is InChI=1S/C30H31N3/c1-6-15-29-23(9-1)16-17-30(31-29)33-21-19-32(20-22-33)18-8-7-14-28-26-12-4-2-10-24(26)25-11-3-5-13-27(25)28/h1-6,9-13,15-17,28H,7-8,14,18-22H2. The lowest BCUT2D eigenvalue weighted by molar-refractivity contribution is 0.251. The molecule has 1 aliphatic carbocycles. The van der Waals surface area contributed by atoms with Gasteiger partial charge >= 0.3 is 0 Å². The van der Waals surface area contributed by atoms with Crippen LogP contribution in [0.5, 0.6) is 0 Å². The summed E-state index contributed by atoms with van der Waals surface area (Å²) in [7, 11) is 0. The molecule has 166 valence electrons. The molecule has 0 atom stereocenters. The minimum Gasteiger partial charge on any atom is -0.354 e. The topological polar surface area (TPSA) is 19.4 Å². The molecular formula is C30H31N3. The fraction of sp³-hybridized carbons (Fsp3) is 0.300. The summed E-state index contributed by atoms with van der Waals surface area (Å²) in [6.45, 7) is 5.59. The highest BCUT2D eigenvalue weighted by atomic mass is 15.3. The Kier molecular flexibility index (Phi) is 5.57. The number of nitrogens with zero attached hydrogens (tertiary/aromatic N) is 3. The second-order valence-electron chi connectivity index (χ2n) is 9.41. The number of pyridine rings is 1. The van der Waals surface area contributed by atoms with Gasteiger partial charge in [0.05, 0.1) is 5.52 Å². The first-order valence-electron chi connectivity index (χ1n) is 12.4. The number of piperazine rings is 1. The molecule has 0 saturated carbocycles. The largest absolute Gasteiger partial charge is 0.354 e. The third-order valence-electron chi connectivity index (χ3n) is 7.46. The van der Waals surface area contributed by atoms with Crippen LogP contribution in [0.25, 0.3) is 22.0 Å². The third kappa shape index (κ3) is 4.02. The molecule has 0 amide bonds. The number of fused-ring (bicyclic) bond motifs is 4. The van der Waals surface area contributed by atoms with Crippen LogP contribution in [0.3, 0.4) is 0 Å². The molecule has 0 spiro atoms. The van der Waals surface area contributed by atoms with Crippen molar-refractivity contribution in [2.24, 2.45) is 0 Å². The second kappa shape index (κ2) is 8.99. The van der Waals surface area contributed by atoms with Crippen LogP contribution in [0.2, 0.25) is 0 Å². The van der Waals surface area contributed by atoms with E-state index in [1.165, 1.54) is 53.4 Å². The van der Waals surface area contributed by atoms with Crippen LogP contribution in [0, 0.1) is 0 Å². The lowest BCUT2D eigenvalue weighted by Gasteiger charge is -2.35. The molecule has 1 aromatic heterocycles. The van der Waals surface area contributed by atoms with E-state index in [2.05, 4.69) is 94.7 Å². The van der Waals surface area contributed by atoms with E-state index in [4.69, 9.17) is 4.98 Å².